The van der Waals surface area contributed by atoms with Crippen LogP contribution in [-0.2, 0) is 0 Å². The van der Waals surface area contributed by atoms with Gasteiger partial charge in [0.05, 0.1) is 11.6 Å². The van der Waals surface area contributed by atoms with Crippen LogP contribution in [0.1, 0.15) is 19.3 Å². The summed E-state index contributed by atoms with van der Waals surface area (Å²) in [6.07, 6.45) is 5.13. The van der Waals surface area contributed by atoms with Gasteiger partial charge in [-0.25, -0.2) is 9.78 Å². The van der Waals surface area contributed by atoms with Gasteiger partial charge in [-0.2, -0.15) is 0 Å². The van der Waals surface area contributed by atoms with E-state index in [4.69, 9.17) is 11.6 Å². The maximum absolute atomic E-state index is 12.4. The Kier molecular flexibility index (Phi) is 6.93. The molecule has 1 atom stereocenters. The Labute approximate surface area is 159 Å². The average Bonchev–Trinajstić information content (AvgIpc) is 2.69. The van der Waals surface area contributed by atoms with Crippen molar-refractivity contribution in [2.24, 2.45) is 0 Å². The second-order valence-corrected chi connectivity index (χ2v) is 7.29. The van der Waals surface area contributed by atoms with Crippen molar-refractivity contribution in [1.82, 2.24) is 20.1 Å². The Morgan fingerprint density at radius 1 is 1.27 bits per heavy atom. The molecular formula is C18H28ClN5O2. The number of rotatable bonds is 5. The van der Waals surface area contributed by atoms with Crippen molar-refractivity contribution in [3.8, 4) is 0 Å². The molecule has 2 amide bonds. The van der Waals surface area contributed by atoms with Gasteiger partial charge in [0.15, 0.2) is 0 Å². The lowest BCUT2D eigenvalue weighted by Crippen LogP contribution is -2.53. The van der Waals surface area contributed by atoms with Crippen molar-refractivity contribution >= 4 is 23.4 Å². The largest absolute Gasteiger partial charge is 0.395 e. The smallest absolute Gasteiger partial charge is 0.317 e. The molecule has 8 heteroatoms. The Bertz CT molecular complexity index is 595. The highest BCUT2D eigenvalue weighted by Crippen LogP contribution is 2.23. The molecule has 2 aliphatic heterocycles. The lowest BCUT2D eigenvalue weighted by atomic mass is 10.0. The van der Waals surface area contributed by atoms with Crippen LogP contribution >= 0.6 is 11.6 Å². The number of likely N-dealkylation sites (tertiary alicyclic amines) is 1. The molecule has 1 aromatic rings. The molecule has 2 fully saturated rings. The molecule has 7 nitrogen and oxygen atoms in total. The summed E-state index contributed by atoms with van der Waals surface area (Å²) in [5.74, 6) is 0.786. The number of anilines is 1. The van der Waals surface area contributed by atoms with Crippen LogP contribution in [0.4, 0.5) is 10.6 Å². The average molecular weight is 382 g/mol. The van der Waals surface area contributed by atoms with E-state index in [1.54, 1.807) is 6.20 Å². The van der Waals surface area contributed by atoms with Gasteiger partial charge in [0.2, 0.25) is 0 Å². The van der Waals surface area contributed by atoms with Crippen LogP contribution in [0.15, 0.2) is 18.3 Å². The maximum atomic E-state index is 12.4. The predicted molar refractivity (Wildman–Crippen MR) is 103 cm³/mol. The van der Waals surface area contributed by atoms with Gasteiger partial charge in [0, 0.05) is 51.5 Å². The van der Waals surface area contributed by atoms with Crippen LogP contribution in [0.5, 0.6) is 0 Å². The Morgan fingerprint density at radius 3 is 2.81 bits per heavy atom. The Hall–Kier alpha value is -1.57. The second-order valence-electron chi connectivity index (χ2n) is 6.88. The zero-order valence-electron chi connectivity index (χ0n) is 15.1. The van der Waals surface area contributed by atoms with Gasteiger partial charge in [0.1, 0.15) is 5.82 Å². The number of amides is 2. The number of aromatic nitrogens is 1. The van der Waals surface area contributed by atoms with Crippen LogP contribution in [0.3, 0.4) is 0 Å². The van der Waals surface area contributed by atoms with Gasteiger partial charge in [-0.15, -0.1) is 0 Å². The van der Waals surface area contributed by atoms with Crippen LogP contribution < -0.4 is 10.2 Å². The maximum Gasteiger partial charge on any atom is 0.317 e. The molecule has 0 bridgehead atoms. The number of hydrogen-bond donors (Lipinski definition) is 2. The highest BCUT2D eigenvalue weighted by atomic mass is 35.5. The Balaban J connectivity index is 1.40. The van der Waals surface area contributed by atoms with Gasteiger partial charge in [-0.1, -0.05) is 18.0 Å². The van der Waals surface area contributed by atoms with E-state index >= 15 is 0 Å². The van der Waals surface area contributed by atoms with E-state index in [9.17, 15) is 9.90 Å². The standard InChI is InChI=1S/C18H28ClN5O2/c19-16-5-3-6-20-17(16)23-10-12-24(13-11-23)18(26)21-7-9-22-8-2-1-4-15(22)14-25/h3,5-6,15,25H,1-2,4,7-14H2,(H,21,26)/t15-/m1/s1. The van der Waals surface area contributed by atoms with Gasteiger partial charge in [0.25, 0.3) is 0 Å². The number of piperazine rings is 1. The number of carbonyl (C=O) groups is 1. The molecular weight excluding hydrogens is 354 g/mol. The zero-order chi connectivity index (χ0) is 18.4. The number of nitrogens with zero attached hydrogens (tertiary/aromatic N) is 4. The summed E-state index contributed by atoms with van der Waals surface area (Å²) in [5.41, 5.74) is 0. The summed E-state index contributed by atoms with van der Waals surface area (Å²) >= 11 is 6.20. The fourth-order valence-corrected chi connectivity index (χ4v) is 3.95. The first-order valence-corrected chi connectivity index (χ1v) is 9.80. The summed E-state index contributed by atoms with van der Waals surface area (Å²) in [5, 5.41) is 13.1. The van der Waals surface area contributed by atoms with Gasteiger partial charge >= 0.3 is 6.03 Å². The number of piperidine rings is 1. The first-order valence-electron chi connectivity index (χ1n) is 9.42. The minimum Gasteiger partial charge on any atom is -0.395 e. The molecule has 0 unspecified atom stereocenters. The van der Waals surface area contributed by atoms with Crippen molar-refractivity contribution in [3.05, 3.63) is 23.4 Å². The van der Waals surface area contributed by atoms with Crippen LogP contribution in [0, 0.1) is 0 Å². The Morgan fingerprint density at radius 2 is 2.08 bits per heavy atom. The molecule has 26 heavy (non-hydrogen) atoms. The normalized spacial score (nSPS) is 21.7. The molecule has 1 aromatic heterocycles. The number of pyridine rings is 1. The third kappa shape index (κ3) is 4.78. The van der Waals surface area contributed by atoms with E-state index in [-0.39, 0.29) is 18.7 Å². The number of halogens is 1. The van der Waals surface area contributed by atoms with Crippen LogP contribution in [0.2, 0.25) is 5.02 Å². The molecule has 3 heterocycles. The summed E-state index contributed by atoms with van der Waals surface area (Å²) in [4.78, 5) is 23.0. The van der Waals surface area contributed by atoms with Crippen molar-refractivity contribution in [2.75, 3.05) is 57.3 Å². The fraction of sp³-hybridized carbons (Fsp3) is 0.667. The number of nitrogens with one attached hydrogen (secondary N) is 1. The lowest BCUT2D eigenvalue weighted by molar-refractivity contribution is 0.0909. The van der Waals surface area contributed by atoms with E-state index in [1.807, 2.05) is 17.0 Å². The van der Waals surface area contributed by atoms with Crippen LogP contribution in [0.25, 0.3) is 0 Å². The van der Waals surface area contributed by atoms with Gasteiger partial charge in [-0.3, -0.25) is 4.90 Å². The zero-order valence-corrected chi connectivity index (χ0v) is 15.9. The van der Waals surface area contributed by atoms with E-state index in [1.165, 1.54) is 12.8 Å². The van der Waals surface area contributed by atoms with Crippen LogP contribution in [-0.4, -0.2) is 84.4 Å². The molecule has 2 saturated heterocycles. The minimum absolute atomic E-state index is 0.0191. The topological polar surface area (TPSA) is 71.9 Å². The first-order chi connectivity index (χ1) is 12.7. The van der Waals surface area contributed by atoms with Crippen molar-refractivity contribution < 1.29 is 9.90 Å². The third-order valence-electron chi connectivity index (χ3n) is 5.24. The van der Waals surface area contributed by atoms with E-state index in [0.717, 1.165) is 38.4 Å². The lowest BCUT2D eigenvalue weighted by Gasteiger charge is -2.36. The van der Waals surface area contributed by atoms with Crippen molar-refractivity contribution in [2.45, 2.75) is 25.3 Å². The number of hydrogen-bond acceptors (Lipinski definition) is 5. The fourth-order valence-electron chi connectivity index (χ4n) is 3.71. The number of carbonyl (C=O) groups excluding carboxylic acids is 1. The summed E-state index contributed by atoms with van der Waals surface area (Å²) in [6.45, 7) is 5.37. The van der Waals surface area contributed by atoms with E-state index in [2.05, 4.69) is 20.1 Å². The molecule has 0 saturated carbocycles. The SMILES string of the molecule is O=C(NCCN1CCCC[C@@H]1CO)N1CCN(c2ncccc2Cl)CC1. The van der Waals surface area contributed by atoms with Crippen molar-refractivity contribution in [3.63, 3.8) is 0 Å². The summed E-state index contributed by atoms with van der Waals surface area (Å²) in [6, 6.07) is 3.88. The molecule has 2 aliphatic rings. The first kappa shape index (κ1) is 19.2. The van der Waals surface area contributed by atoms with Gasteiger partial charge in [-0.05, 0) is 31.5 Å². The molecule has 0 spiro atoms. The minimum atomic E-state index is -0.0191. The second kappa shape index (κ2) is 9.39. The van der Waals surface area contributed by atoms with Gasteiger partial charge < -0.3 is 20.2 Å². The molecule has 3 rings (SSSR count). The molecule has 2 N–H and O–H groups in total. The summed E-state index contributed by atoms with van der Waals surface area (Å²) < 4.78 is 0. The van der Waals surface area contributed by atoms with Crippen molar-refractivity contribution in [1.29, 1.82) is 0 Å². The predicted octanol–water partition coefficient (Wildman–Crippen LogP) is 1.41. The number of urea groups is 1. The highest BCUT2D eigenvalue weighted by Gasteiger charge is 2.24. The quantitative estimate of drug-likeness (QED) is 0.807. The number of aliphatic hydroxyl groups excluding tert-OH is 1. The summed E-state index contributed by atoms with van der Waals surface area (Å²) in [7, 11) is 0. The highest BCUT2D eigenvalue weighted by molar-refractivity contribution is 6.32. The molecule has 0 aromatic carbocycles. The van der Waals surface area contributed by atoms with E-state index in [0.29, 0.717) is 24.7 Å². The molecule has 0 aliphatic carbocycles. The number of aliphatic hydroxyl groups is 1. The van der Waals surface area contributed by atoms with E-state index < -0.39 is 0 Å². The molecule has 0 radical (unpaired) electrons. The third-order valence-corrected chi connectivity index (χ3v) is 5.54. The molecule has 144 valence electrons. The monoisotopic (exact) mass is 381 g/mol.